The quantitative estimate of drug-likeness (QED) is 0.415. The van der Waals surface area contributed by atoms with Gasteiger partial charge in [-0.15, -0.1) is 0 Å². The second-order valence-corrected chi connectivity index (χ2v) is 6.22. The van der Waals surface area contributed by atoms with Crippen molar-refractivity contribution >= 4 is 33.8 Å². The average Bonchev–Trinajstić information content (AvgIpc) is 2.74. The van der Waals surface area contributed by atoms with E-state index in [2.05, 4.69) is 15.5 Å². The van der Waals surface area contributed by atoms with Gasteiger partial charge in [0, 0.05) is 10.9 Å². The molecule has 0 atom stereocenters. The maximum absolute atomic E-state index is 12.4. The Morgan fingerprint density at radius 3 is 2.61 bits per heavy atom. The molecule has 1 heterocycles. The van der Waals surface area contributed by atoms with E-state index in [1.807, 2.05) is 73.7 Å². The smallest absolute Gasteiger partial charge is 0.289 e. The summed E-state index contributed by atoms with van der Waals surface area (Å²) >= 11 is 0. The SMILES string of the molecule is CCOc1ccc2ccccc2c1C=NNC(=O)c1ccc2ccccc2n1. The van der Waals surface area contributed by atoms with Crippen molar-refractivity contribution in [3.05, 3.63) is 84.1 Å². The third-order valence-corrected chi connectivity index (χ3v) is 4.42. The van der Waals surface area contributed by atoms with Gasteiger partial charge in [0.25, 0.3) is 5.91 Å². The van der Waals surface area contributed by atoms with Crippen LogP contribution < -0.4 is 10.2 Å². The lowest BCUT2D eigenvalue weighted by Gasteiger charge is -2.10. The Morgan fingerprint density at radius 1 is 1.00 bits per heavy atom. The van der Waals surface area contributed by atoms with Gasteiger partial charge < -0.3 is 4.74 Å². The van der Waals surface area contributed by atoms with Crippen molar-refractivity contribution in [2.45, 2.75) is 6.92 Å². The molecular weight excluding hydrogens is 350 g/mol. The van der Waals surface area contributed by atoms with E-state index in [0.29, 0.717) is 12.3 Å². The molecule has 5 nitrogen and oxygen atoms in total. The third kappa shape index (κ3) is 3.55. The molecule has 0 aliphatic carbocycles. The van der Waals surface area contributed by atoms with Crippen LogP contribution in [0.5, 0.6) is 5.75 Å². The molecule has 1 N–H and O–H groups in total. The van der Waals surface area contributed by atoms with Crippen LogP contribution in [0.25, 0.3) is 21.7 Å². The minimum absolute atomic E-state index is 0.318. The Balaban J connectivity index is 1.60. The molecule has 0 saturated carbocycles. The molecule has 0 unspecified atom stereocenters. The van der Waals surface area contributed by atoms with Crippen molar-refractivity contribution in [3.8, 4) is 5.75 Å². The predicted molar refractivity (Wildman–Crippen MR) is 112 cm³/mol. The summed E-state index contributed by atoms with van der Waals surface area (Å²) in [5, 5.41) is 7.22. The van der Waals surface area contributed by atoms with Crippen LogP contribution in [0.4, 0.5) is 0 Å². The fraction of sp³-hybridized carbons (Fsp3) is 0.0870. The zero-order chi connectivity index (χ0) is 19.3. The second kappa shape index (κ2) is 7.88. The molecule has 1 aromatic heterocycles. The number of pyridine rings is 1. The molecule has 5 heteroatoms. The molecule has 0 aliphatic heterocycles. The van der Waals surface area contributed by atoms with E-state index in [1.54, 1.807) is 12.3 Å². The highest BCUT2D eigenvalue weighted by atomic mass is 16.5. The molecule has 0 saturated heterocycles. The Labute approximate surface area is 162 Å². The van der Waals surface area contributed by atoms with Crippen LogP contribution in [0.15, 0.2) is 77.9 Å². The molecule has 0 spiro atoms. The van der Waals surface area contributed by atoms with Gasteiger partial charge in [-0.2, -0.15) is 5.10 Å². The molecule has 0 bridgehead atoms. The van der Waals surface area contributed by atoms with Gasteiger partial charge in [-0.05, 0) is 35.9 Å². The van der Waals surface area contributed by atoms with E-state index in [0.717, 1.165) is 33.0 Å². The lowest BCUT2D eigenvalue weighted by molar-refractivity contribution is 0.0950. The number of para-hydroxylation sites is 1. The number of aromatic nitrogens is 1. The highest BCUT2D eigenvalue weighted by molar-refractivity contribution is 6.03. The summed E-state index contributed by atoms with van der Waals surface area (Å²) in [5.74, 6) is 0.364. The third-order valence-electron chi connectivity index (χ3n) is 4.42. The van der Waals surface area contributed by atoms with Crippen molar-refractivity contribution < 1.29 is 9.53 Å². The summed E-state index contributed by atoms with van der Waals surface area (Å²) in [4.78, 5) is 16.8. The summed E-state index contributed by atoms with van der Waals surface area (Å²) < 4.78 is 5.72. The summed E-state index contributed by atoms with van der Waals surface area (Å²) in [7, 11) is 0. The first kappa shape index (κ1) is 17.7. The van der Waals surface area contributed by atoms with E-state index in [1.165, 1.54) is 0 Å². The zero-order valence-corrected chi connectivity index (χ0v) is 15.4. The van der Waals surface area contributed by atoms with E-state index in [-0.39, 0.29) is 5.91 Å². The summed E-state index contributed by atoms with van der Waals surface area (Å²) in [5.41, 5.74) is 4.47. The number of amides is 1. The molecule has 3 aromatic carbocycles. The Bertz CT molecular complexity index is 1180. The first-order valence-corrected chi connectivity index (χ1v) is 9.10. The monoisotopic (exact) mass is 369 g/mol. The van der Waals surface area contributed by atoms with Crippen molar-refractivity contribution in [2.24, 2.45) is 5.10 Å². The zero-order valence-electron chi connectivity index (χ0n) is 15.4. The van der Waals surface area contributed by atoms with Crippen LogP contribution >= 0.6 is 0 Å². The van der Waals surface area contributed by atoms with Crippen LogP contribution in [0.1, 0.15) is 23.0 Å². The van der Waals surface area contributed by atoms with Gasteiger partial charge in [0.2, 0.25) is 0 Å². The second-order valence-electron chi connectivity index (χ2n) is 6.22. The Hall–Kier alpha value is -3.73. The number of hydrogen-bond acceptors (Lipinski definition) is 4. The molecule has 28 heavy (non-hydrogen) atoms. The predicted octanol–water partition coefficient (Wildman–Crippen LogP) is 4.55. The number of nitrogens with one attached hydrogen (secondary N) is 1. The highest BCUT2D eigenvalue weighted by Crippen LogP contribution is 2.26. The maximum Gasteiger partial charge on any atom is 0.289 e. The standard InChI is InChI=1S/C23H19N3O2/c1-2-28-22-14-12-16-7-3-5-9-18(16)19(22)15-24-26-23(27)21-13-11-17-8-4-6-10-20(17)25-21/h3-15H,2H2,1H3,(H,26,27). The normalized spacial score (nSPS) is 11.2. The molecule has 0 aliphatic rings. The van der Waals surface area contributed by atoms with Crippen LogP contribution in [-0.2, 0) is 0 Å². The van der Waals surface area contributed by atoms with Gasteiger partial charge in [0.1, 0.15) is 11.4 Å². The molecular formula is C23H19N3O2. The number of ether oxygens (including phenoxy) is 1. The van der Waals surface area contributed by atoms with Gasteiger partial charge in [-0.25, -0.2) is 10.4 Å². The van der Waals surface area contributed by atoms with Crippen LogP contribution in [0, 0.1) is 0 Å². The number of hydrogen-bond donors (Lipinski definition) is 1. The van der Waals surface area contributed by atoms with E-state index in [9.17, 15) is 4.79 Å². The lowest BCUT2D eigenvalue weighted by Crippen LogP contribution is -2.19. The van der Waals surface area contributed by atoms with Crippen molar-refractivity contribution in [2.75, 3.05) is 6.61 Å². The highest BCUT2D eigenvalue weighted by Gasteiger charge is 2.09. The Morgan fingerprint density at radius 2 is 1.75 bits per heavy atom. The molecule has 1 amide bonds. The minimum atomic E-state index is -0.361. The van der Waals surface area contributed by atoms with Crippen LogP contribution in [-0.4, -0.2) is 23.7 Å². The van der Waals surface area contributed by atoms with Gasteiger partial charge in [0.15, 0.2) is 0 Å². The topological polar surface area (TPSA) is 63.6 Å². The number of rotatable bonds is 5. The first-order chi connectivity index (χ1) is 13.8. The van der Waals surface area contributed by atoms with Crippen molar-refractivity contribution in [3.63, 3.8) is 0 Å². The molecule has 0 radical (unpaired) electrons. The molecule has 4 aromatic rings. The number of benzene rings is 3. The number of fused-ring (bicyclic) bond motifs is 2. The van der Waals surface area contributed by atoms with E-state index in [4.69, 9.17) is 4.74 Å². The molecule has 4 rings (SSSR count). The summed E-state index contributed by atoms with van der Waals surface area (Å²) in [6.45, 7) is 2.48. The first-order valence-electron chi connectivity index (χ1n) is 9.10. The number of carbonyl (C=O) groups excluding carboxylic acids is 1. The van der Waals surface area contributed by atoms with Gasteiger partial charge in [-0.3, -0.25) is 4.79 Å². The van der Waals surface area contributed by atoms with Gasteiger partial charge in [0.05, 0.1) is 18.3 Å². The molecule has 138 valence electrons. The van der Waals surface area contributed by atoms with Crippen molar-refractivity contribution in [1.82, 2.24) is 10.4 Å². The lowest BCUT2D eigenvalue weighted by atomic mass is 10.0. The summed E-state index contributed by atoms with van der Waals surface area (Å²) in [6, 6.07) is 23.1. The Kier molecular flexibility index (Phi) is 4.97. The largest absolute Gasteiger partial charge is 0.493 e. The molecule has 0 fully saturated rings. The summed E-state index contributed by atoms with van der Waals surface area (Å²) in [6.07, 6.45) is 1.62. The van der Waals surface area contributed by atoms with Crippen LogP contribution in [0.2, 0.25) is 0 Å². The van der Waals surface area contributed by atoms with Crippen LogP contribution in [0.3, 0.4) is 0 Å². The number of carbonyl (C=O) groups is 1. The average molecular weight is 369 g/mol. The number of nitrogens with zero attached hydrogens (tertiary/aromatic N) is 2. The maximum atomic E-state index is 12.4. The number of hydrazone groups is 1. The van der Waals surface area contributed by atoms with E-state index >= 15 is 0 Å². The fourth-order valence-corrected chi connectivity index (χ4v) is 3.10. The minimum Gasteiger partial charge on any atom is -0.493 e. The van der Waals surface area contributed by atoms with E-state index < -0.39 is 0 Å². The van der Waals surface area contributed by atoms with Gasteiger partial charge in [-0.1, -0.05) is 54.6 Å². The fourth-order valence-electron chi connectivity index (χ4n) is 3.10. The van der Waals surface area contributed by atoms with Gasteiger partial charge >= 0.3 is 0 Å². The van der Waals surface area contributed by atoms with Crippen molar-refractivity contribution in [1.29, 1.82) is 0 Å².